The van der Waals surface area contributed by atoms with E-state index in [1.807, 2.05) is 18.2 Å². The summed E-state index contributed by atoms with van der Waals surface area (Å²) in [6.07, 6.45) is 3.14. The molecule has 8 heteroatoms. The fourth-order valence-corrected chi connectivity index (χ4v) is 2.97. The quantitative estimate of drug-likeness (QED) is 0.828. The molecule has 0 aliphatic rings. The van der Waals surface area contributed by atoms with Gasteiger partial charge in [-0.05, 0) is 17.7 Å². The van der Waals surface area contributed by atoms with Gasteiger partial charge in [0.25, 0.3) is 0 Å². The van der Waals surface area contributed by atoms with Crippen LogP contribution in [0.4, 0.5) is 0 Å². The fraction of sp³-hybridized carbons (Fsp3) is 0.176. The van der Waals surface area contributed by atoms with Crippen LogP contribution in [0.5, 0.6) is 0 Å². The van der Waals surface area contributed by atoms with Crippen molar-refractivity contribution < 1.29 is 0 Å². The molecule has 1 unspecified atom stereocenters. The van der Waals surface area contributed by atoms with Gasteiger partial charge in [-0.15, -0.1) is 0 Å². The van der Waals surface area contributed by atoms with Crippen LogP contribution in [0.15, 0.2) is 36.2 Å². The monoisotopic (exact) mass is 370 g/mol. The Balaban J connectivity index is 2.72. The van der Waals surface area contributed by atoms with Crippen LogP contribution in [0, 0.1) is 39.9 Å². The first-order valence-electron chi connectivity index (χ1n) is 7.05. The predicted molar refractivity (Wildman–Crippen MR) is 93.8 cm³/mol. The summed E-state index contributed by atoms with van der Waals surface area (Å²) in [5, 5.41) is 33.1. The average Bonchev–Trinajstić information content (AvgIpc) is 3.02. The van der Waals surface area contributed by atoms with E-state index >= 15 is 0 Å². The van der Waals surface area contributed by atoms with Crippen LogP contribution in [0.1, 0.15) is 17.0 Å². The summed E-state index contributed by atoms with van der Waals surface area (Å²) in [7, 11) is 1.71. The van der Waals surface area contributed by atoms with Crippen molar-refractivity contribution in [3.05, 3.63) is 57.3 Å². The minimum Gasteiger partial charge on any atom is -0.397 e. The first-order chi connectivity index (χ1) is 11.9. The molecule has 1 aromatic carbocycles. The molecule has 0 radical (unpaired) electrons. The Morgan fingerprint density at radius 3 is 2.40 bits per heavy atom. The number of nitrogens with zero attached hydrogens (tertiary/aromatic N) is 5. The molecule has 0 aliphatic carbocycles. The van der Waals surface area contributed by atoms with Gasteiger partial charge in [0.2, 0.25) is 0 Å². The molecule has 25 heavy (non-hydrogen) atoms. The van der Waals surface area contributed by atoms with E-state index in [2.05, 4.69) is 5.10 Å². The number of nitrogens with two attached hydrogens (primary N) is 1. The van der Waals surface area contributed by atoms with Gasteiger partial charge in [-0.25, -0.2) is 0 Å². The van der Waals surface area contributed by atoms with E-state index in [0.29, 0.717) is 16.1 Å². The van der Waals surface area contributed by atoms with Crippen LogP contribution >= 0.6 is 23.2 Å². The van der Waals surface area contributed by atoms with Crippen molar-refractivity contribution in [3.8, 4) is 18.2 Å². The highest BCUT2D eigenvalue weighted by molar-refractivity contribution is 6.35. The van der Waals surface area contributed by atoms with Gasteiger partial charge in [-0.1, -0.05) is 29.3 Å². The van der Waals surface area contributed by atoms with Gasteiger partial charge in [0, 0.05) is 28.9 Å². The number of rotatable bonds is 4. The van der Waals surface area contributed by atoms with Gasteiger partial charge in [-0.3, -0.25) is 4.68 Å². The molecule has 0 fully saturated rings. The molecular formula is C17H12Cl2N6. The summed E-state index contributed by atoms with van der Waals surface area (Å²) in [5.74, 6) is -2.06. The Bertz CT molecular complexity index is 941. The van der Waals surface area contributed by atoms with Crippen molar-refractivity contribution in [2.75, 3.05) is 0 Å². The topological polar surface area (TPSA) is 115 Å². The molecule has 2 aromatic rings. The number of allylic oxidation sites excluding steroid dienone is 1. The third kappa shape index (κ3) is 3.75. The lowest BCUT2D eigenvalue weighted by molar-refractivity contribution is 0.711. The standard InChI is InChI=1S/C17H12Cl2N6/c1-25-9-11(8-24-25)17(23)14(7-22)16(10(5-20)6-21)13-3-2-12(18)4-15(13)19/h2-4,8-10,16H,23H2,1H3/b17-14-. The number of benzene rings is 1. The van der Waals surface area contributed by atoms with Crippen LogP contribution in [0.25, 0.3) is 5.70 Å². The minimum atomic E-state index is -1.15. The number of nitriles is 3. The van der Waals surface area contributed by atoms with E-state index < -0.39 is 11.8 Å². The molecule has 0 aliphatic heterocycles. The fourth-order valence-electron chi connectivity index (χ4n) is 2.45. The third-order valence-electron chi connectivity index (χ3n) is 3.65. The maximum absolute atomic E-state index is 9.68. The van der Waals surface area contributed by atoms with Crippen molar-refractivity contribution in [2.45, 2.75) is 5.92 Å². The van der Waals surface area contributed by atoms with E-state index in [-0.39, 0.29) is 16.3 Å². The molecule has 1 atom stereocenters. The highest BCUT2D eigenvalue weighted by Crippen LogP contribution is 2.38. The molecule has 0 saturated carbocycles. The molecule has 0 amide bonds. The zero-order chi connectivity index (χ0) is 18.6. The highest BCUT2D eigenvalue weighted by Gasteiger charge is 2.31. The Hall–Kier alpha value is -2.98. The minimum absolute atomic E-state index is 0.0744. The molecule has 0 bridgehead atoms. The molecule has 2 rings (SSSR count). The molecule has 1 heterocycles. The second-order valence-electron chi connectivity index (χ2n) is 5.22. The Labute approximate surface area is 154 Å². The second-order valence-corrected chi connectivity index (χ2v) is 6.06. The molecule has 6 nitrogen and oxygen atoms in total. The van der Waals surface area contributed by atoms with Crippen LogP contribution < -0.4 is 5.73 Å². The number of halogens is 2. The molecule has 1 aromatic heterocycles. The van der Waals surface area contributed by atoms with Crippen LogP contribution in [0.2, 0.25) is 10.0 Å². The SMILES string of the molecule is Cn1cc(/C(N)=C(\C#N)C(c2ccc(Cl)cc2Cl)C(C#N)C#N)cn1. The van der Waals surface area contributed by atoms with E-state index in [1.54, 1.807) is 25.4 Å². The van der Waals surface area contributed by atoms with Gasteiger partial charge < -0.3 is 5.73 Å². The lowest BCUT2D eigenvalue weighted by Gasteiger charge is -2.20. The summed E-state index contributed by atoms with van der Waals surface area (Å²) in [5.41, 5.74) is 7.31. The van der Waals surface area contributed by atoms with Crippen molar-refractivity contribution in [2.24, 2.45) is 18.7 Å². The number of hydrogen-bond acceptors (Lipinski definition) is 5. The molecule has 0 spiro atoms. The van der Waals surface area contributed by atoms with Crippen LogP contribution in [-0.2, 0) is 7.05 Å². The largest absolute Gasteiger partial charge is 0.397 e. The maximum atomic E-state index is 9.68. The zero-order valence-electron chi connectivity index (χ0n) is 13.1. The summed E-state index contributed by atoms with van der Waals surface area (Å²) >= 11 is 12.2. The molecule has 0 saturated heterocycles. The number of aryl methyl sites for hydroxylation is 1. The summed E-state index contributed by atoms with van der Waals surface area (Å²) in [4.78, 5) is 0. The summed E-state index contributed by atoms with van der Waals surface area (Å²) < 4.78 is 1.54. The smallest absolute Gasteiger partial charge is 0.145 e. The van der Waals surface area contributed by atoms with Crippen molar-refractivity contribution in [3.63, 3.8) is 0 Å². The van der Waals surface area contributed by atoms with Gasteiger partial charge in [0.05, 0.1) is 41.6 Å². The van der Waals surface area contributed by atoms with E-state index in [1.165, 1.54) is 16.9 Å². The van der Waals surface area contributed by atoms with Crippen molar-refractivity contribution >= 4 is 28.9 Å². The van der Waals surface area contributed by atoms with Gasteiger partial charge in [0.1, 0.15) is 5.92 Å². The van der Waals surface area contributed by atoms with E-state index in [9.17, 15) is 15.8 Å². The lowest BCUT2D eigenvalue weighted by atomic mass is 9.80. The first kappa shape index (κ1) is 18.4. The van der Waals surface area contributed by atoms with Crippen LogP contribution in [-0.4, -0.2) is 9.78 Å². The number of hydrogen-bond donors (Lipinski definition) is 1. The third-order valence-corrected chi connectivity index (χ3v) is 4.21. The molecule has 124 valence electrons. The number of aromatic nitrogens is 2. The Morgan fingerprint density at radius 1 is 1.24 bits per heavy atom. The van der Waals surface area contributed by atoms with Crippen LogP contribution in [0.3, 0.4) is 0 Å². The second kappa shape index (κ2) is 7.73. The Kier molecular flexibility index (Phi) is 5.67. The Morgan fingerprint density at radius 2 is 1.92 bits per heavy atom. The predicted octanol–water partition coefficient (Wildman–Crippen LogP) is 3.37. The summed E-state index contributed by atoms with van der Waals surface area (Å²) in [6, 6.07) is 10.5. The van der Waals surface area contributed by atoms with E-state index in [4.69, 9.17) is 28.9 Å². The average molecular weight is 371 g/mol. The van der Waals surface area contributed by atoms with Gasteiger partial charge in [-0.2, -0.15) is 20.9 Å². The summed E-state index contributed by atoms with van der Waals surface area (Å²) in [6.45, 7) is 0. The first-order valence-corrected chi connectivity index (χ1v) is 7.81. The van der Waals surface area contributed by atoms with E-state index in [0.717, 1.165) is 0 Å². The molecular weight excluding hydrogens is 359 g/mol. The van der Waals surface area contributed by atoms with Crippen molar-refractivity contribution in [1.82, 2.24) is 9.78 Å². The van der Waals surface area contributed by atoms with Gasteiger partial charge in [0.15, 0.2) is 0 Å². The zero-order valence-corrected chi connectivity index (χ0v) is 14.6. The highest BCUT2D eigenvalue weighted by atomic mass is 35.5. The lowest BCUT2D eigenvalue weighted by Crippen LogP contribution is -2.16. The normalized spacial score (nSPS) is 12.7. The van der Waals surface area contributed by atoms with Crippen molar-refractivity contribution in [1.29, 1.82) is 15.8 Å². The molecule has 2 N–H and O–H groups in total. The van der Waals surface area contributed by atoms with Gasteiger partial charge >= 0.3 is 0 Å². The maximum Gasteiger partial charge on any atom is 0.145 e.